The Kier molecular flexibility index (Phi) is 4.37. The van der Waals surface area contributed by atoms with Gasteiger partial charge in [0.25, 0.3) is 5.91 Å². The van der Waals surface area contributed by atoms with E-state index in [4.69, 9.17) is 0 Å². The number of nitrogens with zero attached hydrogens (tertiary/aromatic N) is 2. The molecule has 1 saturated heterocycles. The molecule has 0 unspecified atom stereocenters. The van der Waals surface area contributed by atoms with Crippen LogP contribution in [0.4, 0.5) is 0 Å². The van der Waals surface area contributed by atoms with Crippen LogP contribution in [0.5, 0.6) is 0 Å². The van der Waals surface area contributed by atoms with Crippen molar-refractivity contribution in [1.29, 1.82) is 0 Å². The lowest BCUT2D eigenvalue weighted by Crippen LogP contribution is -2.37. The normalized spacial score (nSPS) is 19.5. The second kappa shape index (κ2) is 6.65. The van der Waals surface area contributed by atoms with Crippen LogP contribution in [0, 0.1) is 0 Å². The van der Waals surface area contributed by atoms with E-state index in [1.165, 1.54) is 16.5 Å². The number of H-pyrrole nitrogens is 1. The van der Waals surface area contributed by atoms with Crippen molar-refractivity contribution in [1.82, 2.24) is 14.8 Å². The van der Waals surface area contributed by atoms with Gasteiger partial charge in [-0.1, -0.05) is 6.08 Å². The highest BCUT2D eigenvalue weighted by Gasteiger charge is 2.20. The lowest BCUT2D eigenvalue weighted by Gasteiger charge is -2.26. The maximum absolute atomic E-state index is 12.8. The van der Waals surface area contributed by atoms with Crippen molar-refractivity contribution >= 4 is 34.1 Å². The first-order chi connectivity index (χ1) is 11.7. The van der Waals surface area contributed by atoms with Crippen molar-refractivity contribution in [2.24, 2.45) is 0 Å². The Balaban J connectivity index is 1.67. The summed E-state index contributed by atoms with van der Waals surface area (Å²) in [4.78, 5) is 20.4. The Morgan fingerprint density at radius 3 is 2.79 bits per heavy atom. The summed E-state index contributed by atoms with van der Waals surface area (Å²) in [5.74, 6) is 2.26. The van der Waals surface area contributed by atoms with Crippen LogP contribution in [-0.2, 0) is 0 Å². The zero-order valence-electron chi connectivity index (χ0n) is 14.0. The average Bonchev–Trinajstić information content (AvgIpc) is 3.05. The molecule has 1 fully saturated rings. The van der Waals surface area contributed by atoms with Crippen LogP contribution in [0.15, 0.2) is 30.5 Å². The summed E-state index contributed by atoms with van der Waals surface area (Å²) in [6.07, 6.45) is 5.46. The van der Waals surface area contributed by atoms with Crippen molar-refractivity contribution in [3.05, 3.63) is 41.6 Å². The van der Waals surface area contributed by atoms with Crippen LogP contribution in [-0.4, -0.2) is 65.4 Å². The van der Waals surface area contributed by atoms with Crippen LogP contribution >= 0.6 is 11.8 Å². The summed E-state index contributed by atoms with van der Waals surface area (Å²) in [7, 11) is 2.15. The van der Waals surface area contributed by atoms with Crippen LogP contribution in [0.25, 0.3) is 16.5 Å². The van der Waals surface area contributed by atoms with Gasteiger partial charge in [0, 0.05) is 65.9 Å². The summed E-state index contributed by atoms with van der Waals surface area (Å²) < 4.78 is 0. The molecule has 2 aromatic rings. The number of benzene rings is 1. The number of carbonyl (C=O) groups excluding carboxylic acids is 1. The molecule has 126 valence electrons. The monoisotopic (exact) mass is 341 g/mol. The van der Waals surface area contributed by atoms with Gasteiger partial charge in [-0.25, -0.2) is 0 Å². The van der Waals surface area contributed by atoms with Gasteiger partial charge in [0.05, 0.1) is 0 Å². The SMILES string of the molecule is CN1CC=C(c2c[nH]c3ccc(C(=O)N4CCSCC4)cc23)CC1. The largest absolute Gasteiger partial charge is 0.361 e. The molecule has 1 aromatic carbocycles. The van der Waals surface area contributed by atoms with Crippen LogP contribution in [0.2, 0.25) is 0 Å². The Hall–Kier alpha value is -1.72. The Bertz CT molecular complexity index is 789. The molecule has 1 amide bonds. The van der Waals surface area contributed by atoms with E-state index in [2.05, 4.69) is 35.3 Å². The van der Waals surface area contributed by atoms with Gasteiger partial charge in [-0.15, -0.1) is 0 Å². The number of amides is 1. The number of nitrogens with one attached hydrogen (secondary N) is 1. The molecule has 0 saturated carbocycles. The van der Waals surface area contributed by atoms with E-state index in [1.807, 2.05) is 28.8 Å². The van der Waals surface area contributed by atoms with Gasteiger partial charge < -0.3 is 14.8 Å². The van der Waals surface area contributed by atoms with Gasteiger partial charge in [0.1, 0.15) is 0 Å². The molecule has 1 N–H and O–H groups in total. The number of aromatic amines is 1. The Morgan fingerprint density at radius 2 is 2.04 bits per heavy atom. The smallest absolute Gasteiger partial charge is 0.253 e. The first kappa shape index (κ1) is 15.8. The number of aromatic nitrogens is 1. The van der Waals surface area contributed by atoms with Crippen LogP contribution in [0.3, 0.4) is 0 Å². The third-order valence-electron chi connectivity index (χ3n) is 4.99. The predicted molar refractivity (Wildman–Crippen MR) is 102 cm³/mol. The Morgan fingerprint density at radius 1 is 1.21 bits per heavy atom. The number of fused-ring (bicyclic) bond motifs is 1. The van der Waals surface area contributed by atoms with Crippen molar-refractivity contribution in [3.8, 4) is 0 Å². The summed E-state index contributed by atoms with van der Waals surface area (Å²) in [6, 6.07) is 6.07. The molecule has 5 heteroatoms. The molecule has 2 aliphatic rings. The minimum absolute atomic E-state index is 0.168. The molecule has 0 spiro atoms. The minimum Gasteiger partial charge on any atom is -0.361 e. The fraction of sp³-hybridized carbons (Fsp3) is 0.421. The van der Waals surface area contributed by atoms with E-state index in [-0.39, 0.29) is 5.91 Å². The molecule has 3 heterocycles. The lowest BCUT2D eigenvalue weighted by atomic mass is 9.98. The molecule has 2 aliphatic heterocycles. The first-order valence-corrected chi connectivity index (χ1v) is 9.74. The molecule has 24 heavy (non-hydrogen) atoms. The standard InChI is InChI=1S/C19H23N3OS/c1-21-6-4-14(5-7-21)17-13-20-18-3-2-15(12-16(17)18)19(23)22-8-10-24-11-9-22/h2-4,12-13,20H,5-11H2,1H3. The molecule has 4 rings (SSSR count). The topological polar surface area (TPSA) is 39.3 Å². The maximum atomic E-state index is 12.8. The molecule has 0 radical (unpaired) electrons. The first-order valence-electron chi connectivity index (χ1n) is 8.58. The summed E-state index contributed by atoms with van der Waals surface area (Å²) in [5, 5.41) is 1.17. The lowest BCUT2D eigenvalue weighted by molar-refractivity contribution is 0.0772. The van der Waals surface area contributed by atoms with Crippen LogP contribution < -0.4 is 0 Å². The number of hydrogen-bond acceptors (Lipinski definition) is 3. The van der Waals surface area contributed by atoms with E-state index >= 15 is 0 Å². The van der Waals surface area contributed by atoms with Gasteiger partial charge in [-0.3, -0.25) is 4.79 Å². The highest BCUT2D eigenvalue weighted by Crippen LogP contribution is 2.30. The quantitative estimate of drug-likeness (QED) is 0.912. The number of carbonyl (C=O) groups is 1. The van der Waals surface area contributed by atoms with Crippen molar-refractivity contribution in [2.75, 3.05) is 44.7 Å². The van der Waals surface area contributed by atoms with Crippen molar-refractivity contribution in [2.45, 2.75) is 6.42 Å². The van der Waals surface area contributed by atoms with Crippen molar-refractivity contribution in [3.63, 3.8) is 0 Å². The van der Waals surface area contributed by atoms with E-state index in [9.17, 15) is 4.79 Å². The van der Waals surface area contributed by atoms with Gasteiger partial charge in [0.15, 0.2) is 0 Å². The highest BCUT2D eigenvalue weighted by molar-refractivity contribution is 7.99. The third kappa shape index (κ3) is 2.98. The number of likely N-dealkylation sites (N-methyl/N-ethyl adjacent to an activating group) is 1. The molecular formula is C19H23N3OS. The van der Waals surface area contributed by atoms with Crippen molar-refractivity contribution < 1.29 is 4.79 Å². The van der Waals surface area contributed by atoms with E-state index < -0.39 is 0 Å². The molecule has 0 aliphatic carbocycles. The van der Waals surface area contributed by atoms with Gasteiger partial charge in [-0.2, -0.15) is 11.8 Å². The highest BCUT2D eigenvalue weighted by atomic mass is 32.2. The minimum atomic E-state index is 0.168. The number of rotatable bonds is 2. The zero-order valence-corrected chi connectivity index (χ0v) is 14.9. The Labute approximate surface area is 146 Å². The van der Waals surface area contributed by atoms with Crippen LogP contribution in [0.1, 0.15) is 22.3 Å². The third-order valence-corrected chi connectivity index (χ3v) is 5.93. The summed E-state index contributed by atoms with van der Waals surface area (Å²) in [6.45, 7) is 3.80. The average molecular weight is 341 g/mol. The second-order valence-electron chi connectivity index (χ2n) is 6.61. The molecule has 4 nitrogen and oxygen atoms in total. The van der Waals surface area contributed by atoms with Gasteiger partial charge in [-0.05, 0) is 37.2 Å². The second-order valence-corrected chi connectivity index (χ2v) is 7.83. The van der Waals surface area contributed by atoms with Gasteiger partial charge in [0.2, 0.25) is 0 Å². The molecule has 1 aromatic heterocycles. The molecular weight excluding hydrogens is 318 g/mol. The maximum Gasteiger partial charge on any atom is 0.253 e. The number of thioether (sulfide) groups is 1. The zero-order chi connectivity index (χ0) is 16.5. The summed E-state index contributed by atoms with van der Waals surface area (Å²) >= 11 is 1.93. The number of hydrogen-bond donors (Lipinski definition) is 1. The fourth-order valence-corrected chi connectivity index (χ4v) is 4.39. The summed E-state index contributed by atoms with van der Waals surface area (Å²) in [5.41, 5.74) is 4.56. The fourth-order valence-electron chi connectivity index (χ4n) is 3.48. The van der Waals surface area contributed by atoms with E-state index in [0.29, 0.717) is 0 Å². The molecule has 0 bridgehead atoms. The van der Waals surface area contributed by atoms with E-state index in [1.54, 1.807) is 0 Å². The van der Waals surface area contributed by atoms with E-state index in [0.717, 1.165) is 55.2 Å². The van der Waals surface area contributed by atoms with Gasteiger partial charge >= 0.3 is 0 Å². The molecule has 0 atom stereocenters. The predicted octanol–water partition coefficient (Wildman–Crippen LogP) is 3.08.